The van der Waals surface area contributed by atoms with Crippen LogP contribution in [-0.4, -0.2) is 43.4 Å². The fourth-order valence-corrected chi connectivity index (χ4v) is 4.67. The average Bonchev–Trinajstić information content (AvgIpc) is 3.10. The molecule has 0 aromatic heterocycles. The van der Waals surface area contributed by atoms with Crippen molar-refractivity contribution in [2.75, 3.05) is 20.8 Å². The van der Waals surface area contributed by atoms with Crippen molar-refractivity contribution >= 4 is 17.7 Å². The SMILES string of the molecule is COc1ccc(C2(c3ccc(OC)cc3)NC(=O)N(CC(=O)C3CCCCC3)C2=O)cc1. The van der Waals surface area contributed by atoms with Crippen molar-refractivity contribution in [2.24, 2.45) is 5.92 Å². The molecule has 2 fully saturated rings. The molecule has 32 heavy (non-hydrogen) atoms. The lowest BCUT2D eigenvalue weighted by Gasteiger charge is -2.28. The Morgan fingerprint density at radius 3 is 1.88 bits per heavy atom. The lowest BCUT2D eigenvalue weighted by atomic mass is 9.82. The molecule has 2 aromatic carbocycles. The minimum absolute atomic E-state index is 0.0477. The van der Waals surface area contributed by atoms with Gasteiger partial charge >= 0.3 is 6.03 Å². The van der Waals surface area contributed by atoms with Gasteiger partial charge in [-0.2, -0.15) is 0 Å². The molecule has 4 rings (SSSR count). The Morgan fingerprint density at radius 1 is 0.906 bits per heavy atom. The predicted molar refractivity (Wildman–Crippen MR) is 119 cm³/mol. The molecular formula is C25H28N2O5. The summed E-state index contributed by atoms with van der Waals surface area (Å²) in [6, 6.07) is 13.5. The Balaban J connectivity index is 1.71. The summed E-state index contributed by atoms with van der Waals surface area (Å²) >= 11 is 0. The Morgan fingerprint density at radius 2 is 1.41 bits per heavy atom. The summed E-state index contributed by atoms with van der Waals surface area (Å²) in [5.41, 5.74) is -0.244. The summed E-state index contributed by atoms with van der Waals surface area (Å²) in [4.78, 5) is 40.7. The van der Waals surface area contributed by atoms with Gasteiger partial charge in [0.2, 0.25) is 0 Å². The van der Waals surface area contributed by atoms with Crippen LogP contribution >= 0.6 is 0 Å². The van der Waals surface area contributed by atoms with Crippen LogP contribution in [-0.2, 0) is 15.1 Å². The van der Waals surface area contributed by atoms with Crippen molar-refractivity contribution in [3.8, 4) is 11.5 Å². The molecule has 168 valence electrons. The lowest BCUT2D eigenvalue weighted by molar-refractivity contribution is -0.135. The quantitative estimate of drug-likeness (QED) is 0.670. The largest absolute Gasteiger partial charge is 0.497 e. The Kier molecular flexibility index (Phi) is 6.17. The van der Waals surface area contributed by atoms with E-state index in [2.05, 4.69) is 5.32 Å². The molecule has 1 aliphatic carbocycles. The standard InChI is InChI=1S/C25H28N2O5/c1-31-20-12-8-18(9-13-20)25(19-10-14-21(32-2)15-11-19)23(29)27(24(30)26-25)16-22(28)17-6-4-3-5-7-17/h8-15,17H,3-7,16H2,1-2H3,(H,26,30). The zero-order chi connectivity index (χ0) is 22.7. The van der Waals surface area contributed by atoms with Crippen LogP contribution in [0.3, 0.4) is 0 Å². The molecule has 1 N–H and O–H groups in total. The maximum atomic E-state index is 13.8. The fraction of sp³-hybridized carbons (Fsp3) is 0.400. The molecule has 7 heteroatoms. The third-order valence-corrected chi connectivity index (χ3v) is 6.53. The summed E-state index contributed by atoms with van der Waals surface area (Å²) in [6.45, 7) is -0.205. The van der Waals surface area contributed by atoms with Crippen LogP contribution in [0.4, 0.5) is 4.79 Å². The highest BCUT2D eigenvalue weighted by molar-refractivity contribution is 6.11. The molecule has 2 aliphatic rings. The van der Waals surface area contributed by atoms with Gasteiger partial charge in [-0.3, -0.25) is 14.5 Å². The predicted octanol–water partition coefficient (Wildman–Crippen LogP) is 3.65. The van der Waals surface area contributed by atoms with E-state index in [1.165, 1.54) is 0 Å². The van der Waals surface area contributed by atoms with Gasteiger partial charge in [0.1, 0.15) is 11.5 Å². The maximum Gasteiger partial charge on any atom is 0.325 e. The number of nitrogens with one attached hydrogen (secondary N) is 1. The molecule has 0 spiro atoms. The highest BCUT2D eigenvalue weighted by Gasteiger charge is 2.54. The maximum absolute atomic E-state index is 13.8. The van der Waals surface area contributed by atoms with Gasteiger partial charge in [-0.15, -0.1) is 0 Å². The second kappa shape index (κ2) is 9.02. The Labute approximate surface area is 187 Å². The topological polar surface area (TPSA) is 84.9 Å². The molecule has 2 aromatic rings. The van der Waals surface area contributed by atoms with Gasteiger partial charge in [-0.25, -0.2) is 4.79 Å². The van der Waals surface area contributed by atoms with Gasteiger partial charge in [0.25, 0.3) is 5.91 Å². The monoisotopic (exact) mass is 436 g/mol. The molecular weight excluding hydrogens is 408 g/mol. The molecule has 1 heterocycles. The number of hydrogen-bond donors (Lipinski definition) is 1. The first-order valence-corrected chi connectivity index (χ1v) is 11.0. The van der Waals surface area contributed by atoms with E-state index in [0.29, 0.717) is 22.6 Å². The van der Waals surface area contributed by atoms with Crippen molar-refractivity contribution in [2.45, 2.75) is 37.6 Å². The van der Waals surface area contributed by atoms with Gasteiger partial charge in [0, 0.05) is 5.92 Å². The minimum Gasteiger partial charge on any atom is -0.497 e. The van der Waals surface area contributed by atoms with E-state index in [-0.39, 0.29) is 18.2 Å². The average molecular weight is 437 g/mol. The lowest BCUT2D eigenvalue weighted by Crippen LogP contribution is -2.45. The minimum atomic E-state index is -1.43. The number of hydrogen-bond acceptors (Lipinski definition) is 5. The summed E-state index contributed by atoms with van der Waals surface area (Å²) in [5.74, 6) is 0.691. The van der Waals surface area contributed by atoms with E-state index in [1.54, 1.807) is 62.8 Å². The van der Waals surface area contributed by atoms with E-state index in [9.17, 15) is 14.4 Å². The first-order valence-electron chi connectivity index (χ1n) is 11.0. The number of nitrogens with zero attached hydrogens (tertiary/aromatic N) is 1. The van der Waals surface area contributed by atoms with Crippen LogP contribution < -0.4 is 14.8 Å². The Bertz CT molecular complexity index is 946. The van der Waals surface area contributed by atoms with E-state index < -0.39 is 17.5 Å². The molecule has 0 unspecified atom stereocenters. The molecule has 0 atom stereocenters. The van der Waals surface area contributed by atoms with Crippen LogP contribution in [0.5, 0.6) is 11.5 Å². The summed E-state index contributed by atoms with van der Waals surface area (Å²) in [5, 5.41) is 2.89. The number of methoxy groups -OCH3 is 2. The smallest absolute Gasteiger partial charge is 0.325 e. The highest BCUT2D eigenvalue weighted by atomic mass is 16.5. The van der Waals surface area contributed by atoms with E-state index in [4.69, 9.17) is 9.47 Å². The second-order valence-corrected chi connectivity index (χ2v) is 8.33. The van der Waals surface area contributed by atoms with Gasteiger partial charge in [-0.05, 0) is 48.2 Å². The van der Waals surface area contributed by atoms with Crippen molar-refractivity contribution in [1.82, 2.24) is 10.2 Å². The number of carbonyl (C=O) groups excluding carboxylic acids is 3. The number of Topliss-reactive ketones (excluding diaryl/α,β-unsaturated/α-hetero) is 1. The fourth-order valence-electron chi connectivity index (χ4n) is 4.67. The van der Waals surface area contributed by atoms with Crippen molar-refractivity contribution in [3.63, 3.8) is 0 Å². The number of rotatable bonds is 7. The summed E-state index contributed by atoms with van der Waals surface area (Å²) in [7, 11) is 3.13. The van der Waals surface area contributed by atoms with Gasteiger partial charge < -0.3 is 14.8 Å². The molecule has 1 aliphatic heterocycles. The zero-order valence-electron chi connectivity index (χ0n) is 18.4. The third-order valence-electron chi connectivity index (χ3n) is 6.53. The van der Waals surface area contributed by atoms with Crippen LogP contribution in [0.2, 0.25) is 0 Å². The molecule has 3 amide bonds. The van der Waals surface area contributed by atoms with Crippen LogP contribution in [0.25, 0.3) is 0 Å². The molecule has 0 radical (unpaired) electrons. The normalized spacial score (nSPS) is 18.4. The number of amides is 3. The molecule has 1 saturated carbocycles. The van der Waals surface area contributed by atoms with Crippen molar-refractivity contribution in [1.29, 1.82) is 0 Å². The Hall–Kier alpha value is -3.35. The van der Waals surface area contributed by atoms with Gasteiger partial charge in [-0.1, -0.05) is 43.5 Å². The number of carbonyl (C=O) groups is 3. The first kappa shape index (κ1) is 21.9. The number of urea groups is 1. The number of ketones is 1. The van der Waals surface area contributed by atoms with E-state index in [1.807, 2.05) is 0 Å². The first-order chi connectivity index (χ1) is 15.5. The summed E-state index contributed by atoms with van der Waals surface area (Å²) < 4.78 is 10.5. The molecule has 1 saturated heterocycles. The number of benzene rings is 2. The third kappa shape index (κ3) is 3.83. The van der Waals surface area contributed by atoms with Crippen molar-refractivity contribution in [3.05, 3.63) is 59.7 Å². The van der Waals surface area contributed by atoms with Gasteiger partial charge in [0.05, 0.1) is 20.8 Å². The zero-order valence-corrected chi connectivity index (χ0v) is 18.4. The second-order valence-electron chi connectivity index (χ2n) is 8.33. The van der Waals surface area contributed by atoms with Crippen LogP contribution in [0.1, 0.15) is 43.2 Å². The van der Waals surface area contributed by atoms with Crippen molar-refractivity contribution < 1.29 is 23.9 Å². The van der Waals surface area contributed by atoms with Crippen LogP contribution in [0.15, 0.2) is 48.5 Å². The summed E-state index contributed by atoms with van der Waals surface area (Å²) in [6.07, 6.45) is 4.80. The number of ether oxygens (including phenoxy) is 2. The van der Waals surface area contributed by atoms with E-state index in [0.717, 1.165) is 37.0 Å². The van der Waals surface area contributed by atoms with E-state index >= 15 is 0 Å². The molecule has 0 bridgehead atoms. The highest BCUT2D eigenvalue weighted by Crippen LogP contribution is 2.38. The van der Waals surface area contributed by atoms with Crippen LogP contribution in [0, 0.1) is 5.92 Å². The van der Waals surface area contributed by atoms with Gasteiger partial charge in [0.15, 0.2) is 11.3 Å². The molecule has 7 nitrogen and oxygen atoms in total. The number of imide groups is 1.